The first-order valence-corrected chi connectivity index (χ1v) is 5.35. The summed E-state index contributed by atoms with van der Waals surface area (Å²) in [6.45, 7) is 1.87. The molecule has 0 unspecified atom stereocenters. The van der Waals surface area contributed by atoms with Crippen LogP contribution in [0.5, 0.6) is 11.5 Å². The predicted octanol–water partition coefficient (Wildman–Crippen LogP) is 2.91. The highest BCUT2D eigenvalue weighted by Gasteiger charge is 2.25. The van der Waals surface area contributed by atoms with Crippen LogP contribution in [-0.4, -0.2) is 5.78 Å². The average Bonchev–Trinajstić information content (AvgIpc) is 2.62. The van der Waals surface area contributed by atoms with E-state index in [0.29, 0.717) is 22.6 Å². The number of fused-ring (bicyclic) bond motifs is 2. The highest BCUT2D eigenvalue weighted by atomic mass is 17.2. The molecule has 2 bridgehead atoms. The molecule has 0 amide bonds. The van der Waals surface area contributed by atoms with E-state index < -0.39 is 0 Å². The van der Waals surface area contributed by atoms with Gasteiger partial charge in [0.05, 0.1) is 5.56 Å². The second-order valence-electron chi connectivity index (χ2n) is 3.93. The molecular formula is C14H10O3. The van der Waals surface area contributed by atoms with E-state index in [9.17, 15) is 4.79 Å². The summed E-state index contributed by atoms with van der Waals surface area (Å²) < 4.78 is 0. The van der Waals surface area contributed by atoms with E-state index in [1.807, 2.05) is 25.1 Å². The van der Waals surface area contributed by atoms with Crippen molar-refractivity contribution in [2.24, 2.45) is 0 Å². The first-order valence-electron chi connectivity index (χ1n) is 5.35. The van der Waals surface area contributed by atoms with Crippen molar-refractivity contribution in [1.29, 1.82) is 0 Å². The first-order chi connectivity index (χ1) is 8.27. The lowest BCUT2D eigenvalue weighted by Gasteiger charge is -2.02. The summed E-state index contributed by atoms with van der Waals surface area (Å²) in [5.41, 5.74) is 2.05. The van der Waals surface area contributed by atoms with Gasteiger partial charge in [-0.25, -0.2) is 0 Å². The molecule has 0 aliphatic carbocycles. The smallest absolute Gasteiger partial charge is 0.196 e. The highest BCUT2D eigenvalue weighted by molar-refractivity contribution is 6.11. The van der Waals surface area contributed by atoms with Crippen molar-refractivity contribution in [3.8, 4) is 11.5 Å². The number of carbonyl (C=O) groups is 1. The molecule has 0 saturated carbocycles. The van der Waals surface area contributed by atoms with Crippen molar-refractivity contribution in [3.05, 3.63) is 59.2 Å². The lowest BCUT2D eigenvalue weighted by Crippen LogP contribution is -2.03. The standard InChI is InChI=1S/C14H10O3/c1-9-12-8-7-11(14(9)17-16-12)13(15)10-5-3-2-4-6-10/h2-8H,1H3. The fraction of sp³-hybridized carbons (Fsp3) is 0.0714. The van der Waals surface area contributed by atoms with Gasteiger partial charge in [0, 0.05) is 11.1 Å². The Morgan fingerprint density at radius 3 is 2.53 bits per heavy atom. The molecular weight excluding hydrogens is 216 g/mol. The Bertz CT molecular complexity index is 588. The molecule has 0 spiro atoms. The summed E-state index contributed by atoms with van der Waals surface area (Å²) >= 11 is 0. The van der Waals surface area contributed by atoms with Gasteiger partial charge >= 0.3 is 0 Å². The average molecular weight is 226 g/mol. The van der Waals surface area contributed by atoms with Crippen LogP contribution < -0.4 is 9.78 Å². The summed E-state index contributed by atoms with van der Waals surface area (Å²) in [4.78, 5) is 22.3. The van der Waals surface area contributed by atoms with Crippen LogP contribution in [0.15, 0.2) is 42.5 Å². The summed E-state index contributed by atoms with van der Waals surface area (Å²) in [5.74, 6) is 1.14. The monoisotopic (exact) mass is 226 g/mol. The molecule has 1 aliphatic rings. The maximum absolute atomic E-state index is 12.3. The van der Waals surface area contributed by atoms with E-state index in [4.69, 9.17) is 9.78 Å². The molecule has 0 fully saturated rings. The van der Waals surface area contributed by atoms with Gasteiger partial charge in [0.1, 0.15) is 0 Å². The van der Waals surface area contributed by atoms with Crippen LogP contribution in [0.4, 0.5) is 0 Å². The van der Waals surface area contributed by atoms with Gasteiger partial charge in [-0.3, -0.25) is 14.6 Å². The molecule has 2 aromatic rings. The summed E-state index contributed by atoms with van der Waals surface area (Å²) in [5, 5.41) is 0. The van der Waals surface area contributed by atoms with Crippen molar-refractivity contribution < 1.29 is 14.6 Å². The quantitative estimate of drug-likeness (QED) is 0.583. The number of rotatable bonds is 2. The molecule has 3 heteroatoms. The Morgan fingerprint density at radius 1 is 1.00 bits per heavy atom. The third-order valence-electron chi connectivity index (χ3n) is 2.85. The van der Waals surface area contributed by atoms with Crippen LogP contribution in [0, 0.1) is 6.92 Å². The van der Waals surface area contributed by atoms with E-state index in [1.165, 1.54) is 0 Å². The zero-order valence-corrected chi connectivity index (χ0v) is 9.27. The molecule has 1 heterocycles. The van der Waals surface area contributed by atoms with Gasteiger partial charge < -0.3 is 0 Å². The van der Waals surface area contributed by atoms with E-state index >= 15 is 0 Å². The largest absolute Gasteiger partial charge is 0.289 e. The molecule has 3 rings (SSSR count). The number of benzene rings is 2. The van der Waals surface area contributed by atoms with Crippen molar-refractivity contribution in [2.75, 3.05) is 0 Å². The number of hydrogen-bond acceptors (Lipinski definition) is 3. The normalized spacial score (nSPS) is 11.8. The first kappa shape index (κ1) is 9.90. The van der Waals surface area contributed by atoms with E-state index in [1.54, 1.807) is 24.3 Å². The van der Waals surface area contributed by atoms with Crippen molar-refractivity contribution in [2.45, 2.75) is 6.92 Å². The van der Waals surface area contributed by atoms with Crippen LogP contribution in [0.2, 0.25) is 0 Å². The maximum Gasteiger partial charge on any atom is 0.196 e. The minimum atomic E-state index is -0.0549. The molecule has 0 saturated heterocycles. The molecule has 0 aromatic heterocycles. The second kappa shape index (κ2) is 3.63. The molecule has 17 heavy (non-hydrogen) atoms. The Hall–Kier alpha value is -2.29. The van der Waals surface area contributed by atoms with Crippen LogP contribution >= 0.6 is 0 Å². The van der Waals surface area contributed by atoms with E-state index in [2.05, 4.69) is 0 Å². The van der Waals surface area contributed by atoms with Gasteiger partial charge in [0.25, 0.3) is 0 Å². The topological polar surface area (TPSA) is 35.5 Å². The fourth-order valence-corrected chi connectivity index (χ4v) is 1.88. The van der Waals surface area contributed by atoms with Crippen molar-refractivity contribution in [3.63, 3.8) is 0 Å². The number of ketones is 1. The van der Waals surface area contributed by atoms with Gasteiger partial charge in [0.15, 0.2) is 17.3 Å². The molecule has 3 nitrogen and oxygen atoms in total. The molecule has 2 aromatic carbocycles. The Balaban J connectivity index is 2.08. The van der Waals surface area contributed by atoms with Crippen molar-refractivity contribution in [1.82, 2.24) is 0 Å². The second-order valence-corrected chi connectivity index (χ2v) is 3.93. The van der Waals surface area contributed by atoms with Crippen LogP contribution in [0.1, 0.15) is 21.5 Å². The summed E-state index contributed by atoms with van der Waals surface area (Å²) in [6, 6.07) is 12.6. The molecule has 84 valence electrons. The maximum atomic E-state index is 12.3. The highest BCUT2D eigenvalue weighted by Crippen LogP contribution is 2.38. The van der Waals surface area contributed by atoms with Crippen LogP contribution in [-0.2, 0) is 0 Å². The minimum absolute atomic E-state index is 0.0549. The lowest BCUT2D eigenvalue weighted by atomic mass is 10.0. The van der Waals surface area contributed by atoms with Gasteiger partial charge in [-0.1, -0.05) is 30.3 Å². The Morgan fingerprint density at radius 2 is 1.76 bits per heavy atom. The molecule has 1 aliphatic heterocycles. The van der Waals surface area contributed by atoms with Crippen LogP contribution in [0.3, 0.4) is 0 Å². The Labute approximate surface area is 98.5 Å². The van der Waals surface area contributed by atoms with Gasteiger partial charge in [-0.05, 0) is 19.1 Å². The van der Waals surface area contributed by atoms with Gasteiger partial charge in [-0.15, -0.1) is 0 Å². The molecule has 0 N–H and O–H groups in total. The third-order valence-corrected chi connectivity index (χ3v) is 2.85. The SMILES string of the molecule is Cc1c2ccc(C(=O)c3ccccc3)c1OO2. The fourth-order valence-electron chi connectivity index (χ4n) is 1.88. The van der Waals surface area contributed by atoms with Gasteiger partial charge in [-0.2, -0.15) is 0 Å². The van der Waals surface area contributed by atoms with Gasteiger partial charge in [0.2, 0.25) is 0 Å². The molecule has 0 atom stereocenters. The number of carbonyl (C=O) groups excluding carboxylic acids is 1. The minimum Gasteiger partial charge on any atom is -0.289 e. The lowest BCUT2D eigenvalue weighted by molar-refractivity contribution is -0.0849. The predicted molar refractivity (Wildman–Crippen MR) is 62.3 cm³/mol. The molecule has 0 radical (unpaired) electrons. The van der Waals surface area contributed by atoms with E-state index in [-0.39, 0.29) is 5.78 Å². The summed E-state index contributed by atoms with van der Waals surface area (Å²) in [7, 11) is 0. The van der Waals surface area contributed by atoms with Crippen molar-refractivity contribution >= 4 is 5.78 Å². The third kappa shape index (κ3) is 1.47. The van der Waals surface area contributed by atoms with Crippen LogP contribution in [0.25, 0.3) is 0 Å². The zero-order valence-electron chi connectivity index (χ0n) is 9.27. The van der Waals surface area contributed by atoms with E-state index in [0.717, 1.165) is 5.56 Å². The summed E-state index contributed by atoms with van der Waals surface area (Å²) in [6.07, 6.45) is 0. The Kier molecular flexibility index (Phi) is 2.11. The number of hydrogen-bond donors (Lipinski definition) is 0. The zero-order chi connectivity index (χ0) is 11.8.